The van der Waals surface area contributed by atoms with Crippen molar-refractivity contribution in [1.82, 2.24) is 9.97 Å². The highest BCUT2D eigenvalue weighted by Gasteiger charge is 2.21. The maximum absolute atomic E-state index is 11.5. The maximum Gasteiger partial charge on any atom is 0.327 e. The van der Waals surface area contributed by atoms with Crippen LogP contribution in [0.2, 0.25) is 0 Å². The van der Waals surface area contributed by atoms with E-state index < -0.39 is 16.7 Å². The van der Waals surface area contributed by atoms with Gasteiger partial charge in [0.05, 0.1) is 0 Å². The molecule has 0 aliphatic rings. The Bertz CT molecular complexity index is 450. The Morgan fingerprint density at radius 3 is 2.33 bits per heavy atom. The minimum atomic E-state index is -0.647. The Morgan fingerprint density at radius 2 is 1.87 bits per heavy atom. The minimum Gasteiger partial charge on any atom is -0.312 e. The molecule has 1 aromatic heterocycles. The van der Waals surface area contributed by atoms with Gasteiger partial charge in [-0.1, -0.05) is 20.8 Å². The first-order valence-corrected chi connectivity index (χ1v) is 4.44. The number of aromatic amines is 2. The Hall–Kier alpha value is -1.85. The molecule has 0 atom stereocenters. The lowest BCUT2D eigenvalue weighted by Gasteiger charge is -2.16. The molecule has 6 heteroatoms. The van der Waals surface area contributed by atoms with Crippen molar-refractivity contribution in [2.45, 2.75) is 20.8 Å². The van der Waals surface area contributed by atoms with Crippen molar-refractivity contribution >= 4 is 11.7 Å². The van der Waals surface area contributed by atoms with Gasteiger partial charge in [-0.2, -0.15) is 0 Å². The van der Waals surface area contributed by atoms with E-state index in [-0.39, 0.29) is 11.7 Å². The van der Waals surface area contributed by atoms with E-state index in [4.69, 9.17) is 0 Å². The van der Waals surface area contributed by atoms with Gasteiger partial charge in [-0.25, -0.2) is 4.79 Å². The van der Waals surface area contributed by atoms with E-state index in [9.17, 15) is 14.4 Å². The summed E-state index contributed by atoms with van der Waals surface area (Å²) in [5.41, 5.74) is -1.78. The van der Waals surface area contributed by atoms with Crippen LogP contribution in [-0.4, -0.2) is 15.9 Å². The lowest BCUT2D eigenvalue weighted by molar-refractivity contribution is -0.123. The first kappa shape index (κ1) is 11.2. The molecule has 0 spiro atoms. The summed E-state index contributed by atoms with van der Waals surface area (Å²) in [6, 6.07) is 1.12. The quantitative estimate of drug-likeness (QED) is 0.612. The van der Waals surface area contributed by atoms with Gasteiger partial charge in [0.1, 0.15) is 5.82 Å². The van der Waals surface area contributed by atoms with Crippen molar-refractivity contribution in [3.8, 4) is 0 Å². The summed E-state index contributed by atoms with van der Waals surface area (Å²) >= 11 is 0. The number of nitrogens with one attached hydrogen (secondary N) is 3. The van der Waals surface area contributed by atoms with E-state index >= 15 is 0 Å². The second-order valence-corrected chi connectivity index (χ2v) is 4.21. The Morgan fingerprint density at radius 1 is 1.27 bits per heavy atom. The van der Waals surface area contributed by atoms with Crippen molar-refractivity contribution in [1.29, 1.82) is 0 Å². The number of hydrogen-bond acceptors (Lipinski definition) is 3. The molecule has 0 aliphatic carbocycles. The number of H-pyrrole nitrogens is 2. The fourth-order valence-corrected chi connectivity index (χ4v) is 0.846. The second kappa shape index (κ2) is 3.72. The monoisotopic (exact) mass is 211 g/mol. The highest BCUT2D eigenvalue weighted by atomic mass is 16.2. The molecule has 0 aromatic carbocycles. The molecule has 0 saturated heterocycles. The van der Waals surface area contributed by atoms with Gasteiger partial charge in [-0.3, -0.25) is 19.6 Å². The number of carbonyl (C=O) groups excluding carboxylic acids is 1. The SMILES string of the molecule is CC(C)(C)C(=O)Nc1cc(=O)[nH]c(=O)[nH]1. The number of carbonyl (C=O) groups is 1. The van der Waals surface area contributed by atoms with Gasteiger partial charge in [0.15, 0.2) is 0 Å². The highest BCUT2D eigenvalue weighted by molar-refractivity contribution is 5.93. The van der Waals surface area contributed by atoms with E-state index in [1.165, 1.54) is 0 Å². The van der Waals surface area contributed by atoms with Gasteiger partial charge in [0.25, 0.3) is 5.56 Å². The van der Waals surface area contributed by atoms with Crippen molar-refractivity contribution in [3.63, 3.8) is 0 Å². The first-order valence-electron chi connectivity index (χ1n) is 4.44. The zero-order valence-corrected chi connectivity index (χ0v) is 8.80. The summed E-state index contributed by atoms with van der Waals surface area (Å²) in [5.74, 6) is -0.174. The van der Waals surface area contributed by atoms with Crippen LogP contribution in [-0.2, 0) is 4.79 Å². The van der Waals surface area contributed by atoms with Crippen LogP contribution in [0.3, 0.4) is 0 Å². The van der Waals surface area contributed by atoms with Crippen LogP contribution in [0.5, 0.6) is 0 Å². The molecule has 3 N–H and O–H groups in total. The Balaban J connectivity index is 2.96. The average Bonchev–Trinajstić information content (AvgIpc) is 1.99. The lowest BCUT2D eigenvalue weighted by atomic mass is 9.96. The summed E-state index contributed by atoms with van der Waals surface area (Å²) < 4.78 is 0. The third kappa shape index (κ3) is 3.08. The topological polar surface area (TPSA) is 94.8 Å². The van der Waals surface area contributed by atoms with E-state index in [1.807, 2.05) is 4.98 Å². The molecule has 1 heterocycles. The van der Waals surface area contributed by atoms with Crippen LogP contribution in [0.25, 0.3) is 0 Å². The third-order valence-electron chi connectivity index (χ3n) is 1.69. The largest absolute Gasteiger partial charge is 0.327 e. The van der Waals surface area contributed by atoms with E-state index in [0.29, 0.717) is 0 Å². The number of amides is 1. The number of hydrogen-bond donors (Lipinski definition) is 3. The molecular weight excluding hydrogens is 198 g/mol. The molecule has 1 rings (SSSR count). The summed E-state index contributed by atoms with van der Waals surface area (Å²) in [7, 11) is 0. The average molecular weight is 211 g/mol. The van der Waals surface area contributed by atoms with Crippen LogP contribution >= 0.6 is 0 Å². The van der Waals surface area contributed by atoms with E-state index in [0.717, 1.165) is 6.07 Å². The van der Waals surface area contributed by atoms with Gasteiger partial charge in [-0.15, -0.1) is 0 Å². The van der Waals surface area contributed by atoms with E-state index in [1.54, 1.807) is 20.8 Å². The number of anilines is 1. The van der Waals surface area contributed by atoms with Gasteiger partial charge in [-0.05, 0) is 0 Å². The van der Waals surface area contributed by atoms with Crippen molar-refractivity contribution in [2.75, 3.05) is 5.32 Å². The van der Waals surface area contributed by atoms with Crippen LogP contribution in [0.15, 0.2) is 15.7 Å². The highest BCUT2D eigenvalue weighted by Crippen LogP contribution is 2.14. The minimum absolute atomic E-state index is 0.101. The lowest BCUT2D eigenvalue weighted by Crippen LogP contribution is -2.31. The number of aromatic nitrogens is 2. The zero-order valence-electron chi connectivity index (χ0n) is 8.80. The van der Waals surface area contributed by atoms with Crippen molar-refractivity contribution < 1.29 is 4.79 Å². The fourth-order valence-electron chi connectivity index (χ4n) is 0.846. The predicted octanol–water partition coefficient (Wildman–Crippen LogP) is 0.0478. The smallest absolute Gasteiger partial charge is 0.312 e. The van der Waals surface area contributed by atoms with Crippen LogP contribution in [0.4, 0.5) is 5.82 Å². The molecule has 15 heavy (non-hydrogen) atoms. The molecule has 1 amide bonds. The zero-order chi connectivity index (χ0) is 11.6. The number of rotatable bonds is 1. The molecule has 0 aliphatic heterocycles. The molecule has 0 bridgehead atoms. The Labute approximate surface area is 85.7 Å². The van der Waals surface area contributed by atoms with Gasteiger partial charge in [0.2, 0.25) is 5.91 Å². The molecule has 1 aromatic rings. The van der Waals surface area contributed by atoms with Crippen LogP contribution < -0.4 is 16.6 Å². The van der Waals surface area contributed by atoms with Crippen LogP contribution in [0, 0.1) is 5.41 Å². The van der Waals surface area contributed by atoms with E-state index in [2.05, 4.69) is 10.3 Å². The molecule has 6 nitrogen and oxygen atoms in total. The molecule has 0 fully saturated rings. The summed E-state index contributed by atoms with van der Waals surface area (Å²) in [6.07, 6.45) is 0. The molecule has 82 valence electrons. The van der Waals surface area contributed by atoms with Gasteiger partial charge < -0.3 is 5.32 Å². The molecule has 0 saturated carbocycles. The first-order chi connectivity index (χ1) is 6.79. The summed E-state index contributed by atoms with van der Waals surface area (Å²) in [5, 5.41) is 2.45. The normalized spacial score (nSPS) is 11.1. The Kier molecular flexibility index (Phi) is 2.78. The van der Waals surface area contributed by atoms with Crippen molar-refractivity contribution in [3.05, 3.63) is 26.9 Å². The summed E-state index contributed by atoms with van der Waals surface area (Å²) in [4.78, 5) is 37.6. The van der Waals surface area contributed by atoms with Crippen LogP contribution in [0.1, 0.15) is 20.8 Å². The fraction of sp³-hybridized carbons (Fsp3) is 0.444. The second-order valence-electron chi connectivity index (χ2n) is 4.21. The van der Waals surface area contributed by atoms with Gasteiger partial charge in [0, 0.05) is 11.5 Å². The third-order valence-corrected chi connectivity index (χ3v) is 1.69. The maximum atomic E-state index is 11.5. The molecule has 0 unspecified atom stereocenters. The predicted molar refractivity (Wildman–Crippen MR) is 55.8 cm³/mol. The molecular formula is C9H13N3O3. The standard InChI is InChI=1S/C9H13N3O3/c1-9(2,3)7(14)10-5-4-6(13)12-8(15)11-5/h4H,1-3H3,(H3,10,11,12,13,14,15). The van der Waals surface area contributed by atoms with Crippen molar-refractivity contribution in [2.24, 2.45) is 5.41 Å². The molecule has 0 radical (unpaired) electrons. The van der Waals surface area contributed by atoms with Gasteiger partial charge >= 0.3 is 5.69 Å². The summed E-state index contributed by atoms with van der Waals surface area (Å²) in [6.45, 7) is 5.19.